The molecule has 2 rings (SSSR count). The molecule has 0 radical (unpaired) electrons. The molecule has 0 fully saturated rings. The topological polar surface area (TPSA) is 52.7 Å². The monoisotopic (exact) mass is 232 g/mol. The van der Waals surface area contributed by atoms with Crippen molar-refractivity contribution in [2.75, 3.05) is 0 Å². The number of hydrogen-bond acceptors (Lipinski definition) is 3. The number of aryl methyl sites for hydroxylation is 2. The van der Waals surface area contributed by atoms with Gasteiger partial charge in [-0.2, -0.15) is 5.10 Å². The average molecular weight is 232 g/mol. The first kappa shape index (κ1) is 11.6. The quantitative estimate of drug-likeness (QED) is 0.796. The van der Waals surface area contributed by atoms with Gasteiger partial charge in [0.25, 0.3) is 5.56 Å². The summed E-state index contributed by atoms with van der Waals surface area (Å²) in [5, 5.41) is 4.14. The molecule has 0 N–H and O–H groups in total. The van der Waals surface area contributed by atoms with E-state index in [0.29, 0.717) is 6.54 Å². The van der Waals surface area contributed by atoms with Crippen LogP contribution in [-0.4, -0.2) is 19.3 Å². The number of rotatable bonds is 4. The lowest BCUT2D eigenvalue weighted by molar-refractivity contribution is 0.550. The second-order valence-corrected chi connectivity index (χ2v) is 4.02. The predicted molar refractivity (Wildman–Crippen MR) is 64.9 cm³/mol. The van der Waals surface area contributed by atoms with Gasteiger partial charge in [0, 0.05) is 18.3 Å². The van der Waals surface area contributed by atoms with Gasteiger partial charge < -0.3 is 4.57 Å². The largest absolute Gasteiger partial charge is 0.308 e. The Labute approximate surface area is 99.7 Å². The zero-order valence-electron chi connectivity index (χ0n) is 10.1. The predicted octanol–water partition coefficient (Wildman–Crippen LogP) is 1.21. The third kappa shape index (κ3) is 2.43. The van der Waals surface area contributed by atoms with Crippen LogP contribution < -0.4 is 5.56 Å². The molecule has 0 unspecified atom stereocenters. The third-order valence-electron chi connectivity index (χ3n) is 2.65. The molecule has 90 valence electrons. The summed E-state index contributed by atoms with van der Waals surface area (Å²) >= 11 is 0. The summed E-state index contributed by atoms with van der Waals surface area (Å²) in [6.45, 7) is 5.20. The molecule has 0 saturated heterocycles. The molecule has 2 aromatic rings. The van der Waals surface area contributed by atoms with Crippen molar-refractivity contribution < 1.29 is 0 Å². The van der Waals surface area contributed by atoms with Crippen molar-refractivity contribution in [1.29, 1.82) is 0 Å². The van der Waals surface area contributed by atoms with Crippen LogP contribution in [0.5, 0.6) is 0 Å². The zero-order valence-corrected chi connectivity index (χ0v) is 10.1. The molecule has 0 aliphatic rings. The Balaban J connectivity index is 2.28. The zero-order chi connectivity index (χ0) is 12.3. The van der Waals surface area contributed by atoms with Gasteiger partial charge >= 0.3 is 0 Å². The summed E-state index contributed by atoms with van der Waals surface area (Å²) in [6.07, 6.45) is 4.31. The van der Waals surface area contributed by atoms with Gasteiger partial charge in [0.05, 0.1) is 6.54 Å². The maximum Gasteiger partial charge on any atom is 0.253 e. The molecule has 0 aromatic carbocycles. The molecular formula is C12H16N4O. The van der Waals surface area contributed by atoms with Crippen molar-refractivity contribution in [1.82, 2.24) is 19.3 Å². The first-order valence-electron chi connectivity index (χ1n) is 5.75. The highest BCUT2D eigenvalue weighted by molar-refractivity contribution is 5.08. The molecule has 0 aliphatic heterocycles. The van der Waals surface area contributed by atoms with Crippen molar-refractivity contribution >= 4 is 0 Å². The van der Waals surface area contributed by atoms with Crippen LogP contribution in [0, 0.1) is 6.92 Å². The number of aromatic nitrogens is 4. The Morgan fingerprint density at radius 2 is 2.24 bits per heavy atom. The van der Waals surface area contributed by atoms with Crippen LogP contribution in [0.25, 0.3) is 0 Å². The van der Waals surface area contributed by atoms with Crippen molar-refractivity contribution in [2.45, 2.75) is 33.4 Å². The van der Waals surface area contributed by atoms with E-state index in [1.807, 2.05) is 23.7 Å². The Hall–Kier alpha value is -1.91. The Kier molecular flexibility index (Phi) is 3.37. The van der Waals surface area contributed by atoms with E-state index >= 15 is 0 Å². The van der Waals surface area contributed by atoms with Gasteiger partial charge in [-0.1, -0.05) is 13.0 Å². The van der Waals surface area contributed by atoms with Crippen LogP contribution in [0.4, 0.5) is 0 Å². The Morgan fingerprint density at radius 3 is 3.00 bits per heavy atom. The molecule has 2 heterocycles. The standard InChI is InChI=1S/C12H16N4O/c1-3-6-16-11(13-9-14-16)8-15-7-4-5-10(2)12(15)17/h4-5,7,9H,3,6,8H2,1-2H3. The van der Waals surface area contributed by atoms with E-state index in [4.69, 9.17) is 0 Å². The van der Waals surface area contributed by atoms with Crippen molar-refractivity contribution in [3.8, 4) is 0 Å². The molecule has 5 nitrogen and oxygen atoms in total. The lowest BCUT2D eigenvalue weighted by Crippen LogP contribution is -2.23. The fourth-order valence-electron chi connectivity index (χ4n) is 1.74. The molecular weight excluding hydrogens is 216 g/mol. The van der Waals surface area contributed by atoms with Crippen molar-refractivity contribution in [3.05, 3.63) is 46.4 Å². The van der Waals surface area contributed by atoms with E-state index < -0.39 is 0 Å². The number of nitrogens with zero attached hydrogens (tertiary/aromatic N) is 4. The minimum absolute atomic E-state index is 0.0264. The van der Waals surface area contributed by atoms with Crippen molar-refractivity contribution in [2.24, 2.45) is 0 Å². The molecule has 0 aliphatic carbocycles. The van der Waals surface area contributed by atoms with Gasteiger partial charge in [-0.3, -0.25) is 4.79 Å². The molecule has 5 heteroatoms. The summed E-state index contributed by atoms with van der Waals surface area (Å²) in [6, 6.07) is 3.69. The lowest BCUT2D eigenvalue weighted by atomic mass is 10.3. The van der Waals surface area contributed by atoms with Gasteiger partial charge in [-0.15, -0.1) is 0 Å². The summed E-state index contributed by atoms with van der Waals surface area (Å²) < 4.78 is 3.50. The van der Waals surface area contributed by atoms with E-state index in [1.54, 1.807) is 10.8 Å². The summed E-state index contributed by atoms with van der Waals surface area (Å²) in [4.78, 5) is 16.1. The molecule has 2 aromatic heterocycles. The fourth-order valence-corrected chi connectivity index (χ4v) is 1.74. The maximum absolute atomic E-state index is 11.9. The third-order valence-corrected chi connectivity index (χ3v) is 2.65. The molecule has 17 heavy (non-hydrogen) atoms. The second kappa shape index (κ2) is 4.95. The fraction of sp³-hybridized carbons (Fsp3) is 0.417. The molecule has 0 atom stereocenters. The van der Waals surface area contributed by atoms with Crippen LogP contribution in [-0.2, 0) is 13.1 Å². The maximum atomic E-state index is 11.9. The van der Waals surface area contributed by atoms with Gasteiger partial charge in [-0.05, 0) is 19.4 Å². The molecule has 0 spiro atoms. The summed E-state index contributed by atoms with van der Waals surface area (Å²) in [7, 11) is 0. The van der Waals surface area contributed by atoms with Crippen LogP contribution in [0.15, 0.2) is 29.5 Å². The van der Waals surface area contributed by atoms with Crippen molar-refractivity contribution in [3.63, 3.8) is 0 Å². The Morgan fingerprint density at radius 1 is 1.41 bits per heavy atom. The highest BCUT2D eigenvalue weighted by Gasteiger charge is 2.06. The Bertz CT molecular complexity index is 556. The van der Waals surface area contributed by atoms with Gasteiger partial charge in [-0.25, -0.2) is 9.67 Å². The smallest absolute Gasteiger partial charge is 0.253 e. The van der Waals surface area contributed by atoms with Crippen LogP contribution in [0.2, 0.25) is 0 Å². The highest BCUT2D eigenvalue weighted by atomic mass is 16.1. The SMILES string of the molecule is CCCn1ncnc1Cn1cccc(C)c1=O. The molecule has 0 saturated carbocycles. The number of pyridine rings is 1. The number of hydrogen-bond donors (Lipinski definition) is 0. The lowest BCUT2D eigenvalue weighted by Gasteiger charge is -2.07. The van der Waals surface area contributed by atoms with Crippen LogP contribution >= 0.6 is 0 Å². The van der Waals surface area contributed by atoms with E-state index in [-0.39, 0.29) is 5.56 Å². The second-order valence-electron chi connectivity index (χ2n) is 4.02. The van der Waals surface area contributed by atoms with E-state index in [2.05, 4.69) is 17.0 Å². The van der Waals surface area contributed by atoms with Gasteiger partial charge in [0.2, 0.25) is 0 Å². The molecule has 0 bridgehead atoms. The van der Waals surface area contributed by atoms with Gasteiger partial charge in [0.1, 0.15) is 12.2 Å². The average Bonchev–Trinajstić information content (AvgIpc) is 2.73. The van der Waals surface area contributed by atoms with E-state index in [0.717, 1.165) is 24.4 Å². The van der Waals surface area contributed by atoms with E-state index in [9.17, 15) is 4.79 Å². The molecule has 0 amide bonds. The summed E-state index contributed by atoms with van der Waals surface area (Å²) in [5.41, 5.74) is 0.771. The van der Waals surface area contributed by atoms with E-state index in [1.165, 1.54) is 6.33 Å². The van der Waals surface area contributed by atoms with Gasteiger partial charge in [0.15, 0.2) is 0 Å². The normalized spacial score (nSPS) is 10.7. The summed E-state index contributed by atoms with van der Waals surface area (Å²) in [5.74, 6) is 0.819. The van der Waals surface area contributed by atoms with Crippen LogP contribution in [0.3, 0.4) is 0 Å². The first-order valence-corrected chi connectivity index (χ1v) is 5.75. The van der Waals surface area contributed by atoms with Crippen LogP contribution in [0.1, 0.15) is 24.7 Å². The highest BCUT2D eigenvalue weighted by Crippen LogP contribution is 1.99. The first-order chi connectivity index (χ1) is 8.22. The minimum Gasteiger partial charge on any atom is -0.308 e. The minimum atomic E-state index is 0.0264.